The van der Waals surface area contributed by atoms with Crippen molar-refractivity contribution in [1.29, 1.82) is 0 Å². The first-order chi connectivity index (χ1) is 11.7. The van der Waals surface area contributed by atoms with Crippen LogP contribution in [0.15, 0.2) is 42.7 Å². The largest absolute Gasteiger partial charge is 0.323 e. The molecule has 24 heavy (non-hydrogen) atoms. The predicted molar refractivity (Wildman–Crippen MR) is 93.7 cm³/mol. The Balaban J connectivity index is 1.30. The first-order valence-electron chi connectivity index (χ1n) is 8.87. The van der Waals surface area contributed by atoms with Gasteiger partial charge in [0.05, 0.1) is 18.4 Å². The molecule has 2 aliphatic rings. The molecular weight excluding hydrogens is 300 g/mol. The van der Waals surface area contributed by atoms with Crippen molar-refractivity contribution in [2.45, 2.75) is 50.7 Å². The third kappa shape index (κ3) is 3.67. The number of rotatable bonds is 5. The summed E-state index contributed by atoms with van der Waals surface area (Å²) in [4.78, 5) is 12.3. The third-order valence-corrected chi connectivity index (χ3v) is 5.15. The van der Waals surface area contributed by atoms with Crippen molar-refractivity contribution in [2.75, 3.05) is 5.32 Å². The molecule has 0 saturated carbocycles. The molecule has 2 unspecified atom stereocenters. The highest BCUT2D eigenvalue weighted by Crippen LogP contribution is 2.32. The molecule has 2 N–H and O–H groups in total. The van der Waals surface area contributed by atoms with Crippen LogP contribution in [-0.2, 0) is 11.3 Å². The average Bonchev–Trinajstić information content (AvgIpc) is 3.14. The summed E-state index contributed by atoms with van der Waals surface area (Å²) < 4.78 is 1.86. The van der Waals surface area contributed by atoms with Crippen molar-refractivity contribution in [3.8, 4) is 0 Å². The Bertz CT molecular complexity index is 684. The van der Waals surface area contributed by atoms with E-state index in [0.717, 1.165) is 18.5 Å². The molecule has 2 saturated heterocycles. The summed E-state index contributed by atoms with van der Waals surface area (Å²) >= 11 is 0. The Morgan fingerprint density at radius 3 is 2.71 bits per heavy atom. The quantitative estimate of drug-likeness (QED) is 0.889. The molecule has 2 bridgehead atoms. The second-order valence-electron chi connectivity index (χ2n) is 7.14. The van der Waals surface area contributed by atoms with Crippen LogP contribution in [0.2, 0.25) is 0 Å². The molecule has 2 fully saturated rings. The van der Waals surface area contributed by atoms with E-state index in [2.05, 4.69) is 27.9 Å². The van der Waals surface area contributed by atoms with E-state index in [1.165, 1.54) is 18.4 Å². The Hall–Kier alpha value is -2.14. The van der Waals surface area contributed by atoms with Crippen LogP contribution < -0.4 is 10.6 Å². The number of anilines is 1. The van der Waals surface area contributed by atoms with Gasteiger partial charge in [0.25, 0.3) is 0 Å². The molecule has 2 atom stereocenters. The second kappa shape index (κ2) is 6.77. The number of carbonyl (C=O) groups excluding carboxylic acids is 1. The smallest absolute Gasteiger partial charge is 0.224 e. The van der Waals surface area contributed by atoms with Crippen LogP contribution in [-0.4, -0.2) is 27.8 Å². The van der Waals surface area contributed by atoms with E-state index in [1.807, 2.05) is 29.1 Å². The van der Waals surface area contributed by atoms with E-state index in [9.17, 15) is 4.79 Å². The van der Waals surface area contributed by atoms with Crippen molar-refractivity contribution in [1.82, 2.24) is 15.1 Å². The number of hydrogen-bond acceptors (Lipinski definition) is 3. The maximum atomic E-state index is 12.3. The van der Waals surface area contributed by atoms with Gasteiger partial charge in [-0.1, -0.05) is 30.3 Å². The van der Waals surface area contributed by atoms with E-state index >= 15 is 0 Å². The van der Waals surface area contributed by atoms with Crippen molar-refractivity contribution in [3.05, 3.63) is 48.3 Å². The molecule has 5 heteroatoms. The molecule has 0 spiro atoms. The standard InChI is InChI=1S/C19H24N4O/c24-19(10-15-8-16-6-7-17(9-15)21-16)22-18-11-20-23(13-18)12-14-4-2-1-3-5-14/h1-5,11,13,15-17,21H,6-10,12H2,(H,22,24). The highest BCUT2D eigenvalue weighted by molar-refractivity contribution is 5.90. The van der Waals surface area contributed by atoms with Gasteiger partial charge in [0.15, 0.2) is 0 Å². The monoisotopic (exact) mass is 324 g/mol. The van der Waals surface area contributed by atoms with Crippen LogP contribution in [0.25, 0.3) is 0 Å². The van der Waals surface area contributed by atoms with Gasteiger partial charge in [-0.15, -0.1) is 0 Å². The summed E-state index contributed by atoms with van der Waals surface area (Å²) in [6.45, 7) is 0.717. The van der Waals surface area contributed by atoms with E-state index in [0.29, 0.717) is 31.0 Å². The average molecular weight is 324 g/mol. The van der Waals surface area contributed by atoms with Gasteiger partial charge in [0, 0.05) is 24.7 Å². The van der Waals surface area contributed by atoms with Gasteiger partial charge in [-0.3, -0.25) is 9.48 Å². The van der Waals surface area contributed by atoms with Gasteiger partial charge in [-0.25, -0.2) is 0 Å². The van der Waals surface area contributed by atoms with Crippen molar-refractivity contribution >= 4 is 11.6 Å². The zero-order valence-electron chi connectivity index (χ0n) is 13.8. The Labute approximate surface area is 142 Å². The number of nitrogens with one attached hydrogen (secondary N) is 2. The summed E-state index contributed by atoms with van der Waals surface area (Å²) in [6, 6.07) is 11.5. The maximum Gasteiger partial charge on any atom is 0.224 e. The molecule has 2 aliphatic heterocycles. The zero-order valence-corrected chi connectivity index (χ0v) is 13.8. The van der Waals surface area contributed by atoms with Gasteiger partial charge in [0.1, 0.15) is 0 Å². The SMILES string of the molecule is O=C(CC1CC2CCC(C1)N2)Nc1cnn(Cc2ccccc2)c1. The summed E-state index contributed by atoms with van der Waals surface area (Å²) in [6.07, 6.45) is 9.07. The van der Waals surface area contributed by atoms with Gasteiger partial charge < -0.3 is 10.6 Å². The number of aromatic nitrogens is 2. The summed E-state index contributed by atoms with van der Waals surface area (Å²) in [7, 11) is 0. The normalized spacial score (nSPS) is 25.6. The first-order valence-corrected chi connectivity index (χ1v) is 8.87. The fourth-order valence-corrected chi connectivity index (χ4v) is 4.10. The third-order valence-electron chi connectivity index (χ3n) is 5.15. The molecule has 2 aromatic rings. The van der Waals surface area contributed by atoms with Crippen molar-refractivity contribution in [3.63, 3.8) is 0 Å². The van der Waals surface area contributed by atoms with E-state index in [-0.39, 0.29) is 5.91 Å². The van der Waals surface area contributed by atoms with Crippen LogP contribution >= 0.6 is 0 Å². The molecule has 1 amide bonds. The van der Waals surface area contributed by atoms with Crippen LogP contribution in [0.1, 0.15) is 37.7 Å². The molecule has 3 heterocycles. The minimum Gasteiger partial charge on any atom is -0.323 e. The number of amides is 1. The molecule has 0 aliphatic carbocycles. The van der Waals surface area contributed by atoms with Gasteiger partial charge in [-0.2, -0.15) is 5.10 Å². The van der Waals surface area contributed by atoms with Crippen LogP contribution in [0.4, 0.5) is 5.69 Å². The number of benzene rings is 1. The topological polar surface area (TPSA) is 59.0 Å². The van der Waals surface area contributed by atoms with Gasteiger partial charge in [0.2, 0.25) is 5.91 Å². The summed E-state index contributed by atoms with van der Waals surface area (Å²) in [5.74, 6) is 0.628. The van der Waals surface area contributed by atoms with Gasteiger partial charge in [-0.05, 0) is 37.2 Å². The molecule has 1 aromatic carbocycles. The molecule has 1 aromatic heterocycles. The molecule has 0 radical (unpaired) electrons. The number of nitrogens with zero attached hydrogens (tertiary/aromatic N) is 2. The maximum absolute atomic E-state index is 12.3. The lowest BCUT2D eigenvalue weighted by molar-refractivity contribution is -0.117. The fraction of sp³-hybridized carbons (Fsp3) is 0.474. The van der Waals surface area contributed by atoms with Crippen LogP contribution in [0.5, 0.6) is 0 Å². The summed E-state index contributed by atoms with van der Waals surface area (Å²) in [5, 5.41) is 11.0. The van der Waals surface area contributed by atoms with E-state index < -0.39 is 0 Å². The minimum absolute atomic E-state index is 0.112. The highest BCUT2D eigenvalue weighted by atomic mass is 16.1. The Morgan fingerprint density at radius 1 is 1.21 bits per heavy atom. The lowest BCUT2D eigenvalue weighted by Crippen LogP contribution is -2.39. The Morgan fingerprint density at radius 2 is 1.96 bits per heavy atom. The molecule has 4 rings (SSSR count). The first kappa shape index (κ1) is 15.4. The number of hydrogen-bond donors (Lipinski definition) is 2. The lowest BCUT2D eigenvalue weighted by atomic mass is 9.89. The van der Waals surface area contributed by atoms with Crippen LogP contribution in [0.3, 0.4) is 0 Å². The minimum atomic E-state index is 0.112. The van der Waals surface area contributed by atoms with Crippen molar-refractivity contribution in [2.24, 2.45) is 5.92 Å². The number of carbonyl (C=O) groups is 1. The van der Waals surface area contributed by atoms with Gasteiger partial charge >= 0.3 is 0 Å². The van der Waals surface area contributed by atoms with E-state index in [4.69, 9.17) is 0 Å². The molecule has 5 nitrogen and oxygen atoms in total. The summed E-state index contributed by atoms with van der Waals surface area (Å²) in [5.41, 5.74) is 1.98. The van der Waals surface area contributed by atoms with Crippen molar-refractivity contribution < 1.29 is 4.79 Å². The predicted octanol–water partition coefficient (Wildman–Crippen LogP) is 2.79. The van der Waals surface area contributed by atoms with Crippen LogP contribution in [0, 0.1) is 5.92 Å². The fourth-order valence-electron chi connectivity index (χ4n) is 4.10. The molecule has 126 valence electrons. The number of piperidine rings is 1. The molecular formula is C19H24N4O. The second-order valence-corrected chi connectivity index (χ2v) is 7.14. The lowest BCUT2D eigenvalue weighted by Gasteiger charge is -2.28. The van der Waals surface area contributed by atoms with E-state index in [1.54, 1.807) is 6.20 Å². The zero-order chi connectivity index (χ0) is 16.4. The number of fused-ring (bicyclic) bond motifs is 2. The highest BCUT2D eigenvalue weighted by Gasteiger charge is 2.34. The Kier molecular flexibility index (Phi) is 4.34.